The van der Waals surface area contributed by atoms with Crippen molar-refractivity contribution in [1.29, 1.82) is 0 Å². The standard InChI is InChI=1S/C21H24N2O6S/c1-21(13-12-16-8-10-17(28-2)11-9-16)19(24)23(20(25)22-21)14-15-30(26,27)29-18-6-4-3-5-7-18/h3-11H,12-15H2,1-2H3,(H,22,25). The largest absolute Gasteiger partial charge is 0.497 e. The smallest absolute Gasteiger partial charge is 0.325 e. The van der Waals surface area contributed by atoms with E-state index in [4.69, 9.17) is 8.92 Å². The normalized spacial score (nSPS) is 18.9. The van der Waals surface area contributed by atoms with Gasteiger partial charge in [-0.3, -0.25) is 9.69 Å². The Hall–Kier alpha value is -3.07. The number of ether oxygens (including phenoxy) is 1. The molecule has 160 valence electrons. The number of aryl methyl sites for hydroxylation is 1. The summed E-state index contributed by atoms with van der Waals surface area (Å²) in [6.07, 6.45) is 0.948. The first-order valence-electron chi connectivity index (χ1n) is 9.47. The topological polar surface area (TPSA) is 102 Å². The van der Waals surface area contributed by atoms with E-state index in [0.717, 1.165) is 16.2 Å². The van der Waals surface area contributed by atoms with Gasteiger partial charge in [-0.2, -0.15) is 8.42 Å². The van der Waals surface area contributed by atoms with Gasteiger partial charge >= 0.3 is 16.1 Å². The van der Waals surface area contributed by atoms with Crippen molar-refractivity contribution >= 4 is 22.1 Å². The highest BCUT2D eigenvalue weighted by Crippen LogP contribution is 2.24. The molecule has 1 aliphatic heterocycles. The summed E-state index contributed by atoms with van der Waals surface area (Å²) in [7, 11) is -2.37. The van der Waals surface area contributed by atoms with Crippen molar-refractivity contribution in [3.63, 3.8) is 0 Å². The molecule has 0 bridgehead atoms. The Kier molecular flexibility index (Phi) is 6.31. The molecule has 1 N–H and O–H groups in total. The molecule has 8 nitrogen and oxygen atoms in total. The molecule has 0 spiro atoms. The van der Waals surface area contributed by atoms with E-state index < -0.39 is 33.3 Å². The lowest BCUT2D eigenvalue weighted by Gasteiger charge is -2.21. The number of hydrogen-bond donors (Lipinski definition) is 1. The Balaban J connectivity index is 1.59. The van der Waals surface area contributed by atoms with Crippen LogP contribution in [-0.4, -0.2) is 50.2 Å². The lowest BCUT2D eigenvalue weighted by molar-refractivity contribution is -0.130. The van der Waals surface area contributed by atoms with E-state index in [9.17, 15) is 18.0 Å². The Morgan fingerprint density at radius 3 is 2.30 bits per heavy atom. The Morgan fingerprint density at radius 2 is 1.67 bits per heavy atom. The van der Waals surface area contributed by atoms with Crippen LogP contribution in [-0.2, 0) is 21.3 Å². The van der Waals surface area contributed by atoms with E-state index in [1.165, 1.54) is 12.1 Å². The van der Waals surface area contributed by atoms with E-state index >= 15 is 0 Å². The van der Waals surface area contributed by atoms with E-state index in [2.05, 4.69) is 5.32 Å². The van der Waals surface area contributed by atoms with Gasteiger partial charge in [0.1, 0.15) is 22.8 Å². The van der Waals surface area contributed by atoms with Gasteiger partial charge in [-0.25, -0.2) is 4.79 Å². The van der Waals surface area contributed by atoms with Crippen molar-refractivity contribution in [1.82, 2.24) is 10.2 Å². The monoisotopic (exact) mass is 432 g/mol. The number of nitrogens with one attached hydrogen (secondary N) is 1. The molecule has 1 heterocycles. The summed E-state index contributed by atoms with van der Waals surface area (Å²) in [5.74, 6) is -0.0226. The average Bonchev–Trinajstić information content (AvgIpc) is 2.94. The minimum Gasteiger partial charge on any atom is -0.497 e. The molecule has 1 unspecified atom stereocenters. The van der Waals surface area contributed by atoms with Crippen LogP contribution in [0.3, 0.4) is 0 Å². The van der Waals surface area contributed by atoms with Gasteiger partial charge in [-0.1, -0.05) is 30.3 Å². The lowest BCUT2D eigenvalue weighted by atomic mass is 9.93. The van der Waals surface area contributed by atoms with Gasteiger partial charge in [0.15, 0.2) is 0 Å². The molecular weight excluding hydrogens is 408 g/mol. The molecule has 0 aromatic heterocycles. The molecule has 3 amide bonds. The van der Waals surface area contributed by atoms with Crippen LogP contribution in [0.4, 0.5) is 4.79 Å². The molecule has 30 heavy (non-hydrogen) atoms. The third-order valence-electron chi connectivity index (χ3n) is 4.95. The number of carbonyl (C=O) groups is 2. The summed E-state index contributed by atoms with van der Waals surface area (Å²) < 4.78 is 34.5. The Morgan fingerprint density at radius 1 is 1.00 bits per heavy atom. The van der Waals surface area contributed by atoms with Crippen LogP contribution in [0.25, 0.3) is 0 Å². The number of methoxy groups -OCH3 is 1. The number of nitrogens with zero attached hydrogens (tertiary/aromatic N) is 1. The molecule has 1 saturated heterocycles. The van der Waals surface area contributed by atoms with Gasteiger partial charge in [-0.15, -0.1) is 0 Å². The van der Waals surface area contributed by atoms with E-state index in [-0.39, 0.29) is 12.3 Å². The van der Waals surface area contributed by atoms with Crippen molar-refractivity contribution < 1.29 is 26.9 Å². The molecule has 2 aromatic carbocycles. The highest BCUT2D eigenvalue weighted by atomic mass is 32.2. The third kappa shape index (κ3) is 5.10. The van der Waals surface area contributed by atoms with Crippen molar-refractivity contribution in [3.05, 3.63) is 60.2 Å². The van der Waals surface area contributed by atoms with Crippen molar-refractivity contribution in [2.45, 2.75) is 25.3 Å². The third-order valence-corrected chi connectivity index (χ3v) is 6.08. The number of hydrogen-bond acceptors (Lipinski definition) is 6. The van der Waals surface area contributed by atoms with Crippen LogP contribution in [0, 0.1) is 0 Å². The fourth-order valence-corrected chi connectivity index (χ4v) is 4.07. The van der Waals surface area contributed by atoms with Crippen LogP contribution < -0.4 is 14.2 Å². The van der Waals surface area contributed by atoms with E-state index in [1.54, 1.807) is 32.2 Å². The lowest BCUT2D eigenvalue weighted by Crippen LogP contribution is -2.44. The summed E-state index contributed by atoms with van der Waals surface area (Å²) >= 11 is 0. The fraction of sp³-hybridized carbons (Fsp3) is 0.333. The predicted molar refractivity (Wildman–Crippen MR) is 111 cm³/mol. The summed E-state index contributed by atoms with van der Waals surface area (Å²) in [4.78, 5) is 26.1. The SMILES string of the molecule is COc1ccc(CCC2(C)NC(=O)N(CCS(=O)(=O)Oc3ccccc3)C2=O)cc1. The Bertz CT molecular complexity index is 1010. The second-order valence-electron chi connectivity index (χ2n) is 7.23. The molecule has 1 aliphatic rings. The summed E-state index contributed by atoms with van der Waals surface area (Å²) in [5, 5.41) is 2.69. The summed E-state index contributed by atoms with van der Waals surface area (Å²) in [6.45, 7) is 1.36. The minimum absolute atomic E-state index is 0.180. The van der Waals surface area contributed by atoms with Crippen molar-refractivity contribution in [2.75, 3.05) is 19.4 Å². The van der Waals surface area contributed by atoms with Gasteiger partial charge in [0, 0.05) is 6.54 Å². The average molecular weight is 432 g/mol. The van der Waals surface area contributed by atoms with Crippen LogP contribution in [0.5, 0.6) is 11.5 Å². The maximum Gasteiger partial charge on any atom is 0.325 e. The quantitative estimate of drug-likeness (QED) is 0.482. The van der Waals surface area contributed by atoms with Crippen LogP contribution in [0.15, 0.2) is 54.6 Å². The van der Waals surface area contributed by atoms with Gasteiger partial charge in [0.2, 0.25) is 0 Å². The zero-order valence-corrected chi connectivity index (χ0v) is 17.6. The minimum atomic E-state index is -3.95. The summed E-state index contributed by atoms with van der Waals surface area (Å²) in [5.41, 5.74) is -0.0995. The highest BCUT2D eigenvalue weighted by molar-refractivity contribution is 7.87. The van der Waals surface area contributed by atoms with Crippen LogP contribution in [0.2, 0.25) is 0 Å². The number of carbonyl (C=O) groups excluding carboxylic acids is 2. The molecule has 0 saturated carbocycles. The highest BCUT2D eigenvalue weighted by Gasteiger charge is 2.47. The van der Waals surface area contributed by atoms with Gasteiger partial charge in [-0.05, 0) is 49.6 Å². The van der Waals surface area contributed by atoms with Crippen LogP contribution in [0.1, 0.15) is 18.9 Å². The fourth-order valence-electron chi connectivity index (χ4n) is 3.17. The van der Waals surface area contributed by atoms with Gasteiger partial charge in [0.05, 0.1) is 7.11 Å². The number of rotatable bonds is 9. The predicted octanol–water partition coefficient (Wildman–Crippen LogP) is 2.35. The van der Waals surface area contributed by atoms with Crippen molar-refractivity contribution in [3.8, 4) is 11.5 Å². The first kappa shape index (κ1) is 21.6. The second kappa shape index (κ2) is 8.74. The van der Waals surface area contributed by atoms with Crippen molar-refractivity contribution in [2.24, 2.45) is 0 Å². The van der Waals surface area contributed by atoms with Crippen LogP contribution >= 0.6 is 0 Å². The molecule has 0 radical (unpaired) electrons. The van der Waals surface area contributed by atoms with Gasteiger partial charge in [0.25, 0.3) is 5.91 Å². The van der Waals surface area contributed by atoms with E-state index in [0.29, 0.717) is 12.8 Å². The molecule has 0 aliphatic carbocycles. The number of para-hydroxylation sites is 1. The number of amides is 3. The Labute approximate surface area is 175 Å². The number of urea groups is 1. The molecule has 1 atom stereocenters. The maximum atomic E-state index is 12.8. The number of benzene rings is 2. The maximum absolute atomic E-state index is 12.8. The van der Waals surface area contributed by atoms with E-state index in [1.807, 2.05) is 24.3 Å². The number of imide groups is 1. The first-order valence-corrected chi connectivity index (χ1v) is 11.0. The zero-order chi connectivity index (χ0) is 21.8. The molecular formula is C21H24N2O6S. The molecule has 3 rings (SSSR count). The zero-order valence-electron chi connectivity index (χ0n) is 16.8. The summed E-state index contributed by atoms with van der Waals surface area (Å²) in [6, 6.07) is 14.9. The molecule has 2 aromatic rings. The molecule has 9 heteroatoms. The first-order chi connectivity index (χ1) is 14.2. The molecule has 1 fully saturated rings. The second-order valence-corrected chi connectivity index (χ2v) is 8.92. The van der Waals surface area contributed by atoms with Gasteiger partial charge < -0.3 is 14.2 Å².